The van der Waals surface area contributed by atoms with Gasteiger partial charge in [0, 0.05) is 29.1 Å². The van der Waals surface area contributed by atoms with E-state index < -0.39 is 5.60 Å². The molecule has 2 bridgehead atoms. The largest absolute Gasteiger partial charge is 0.507 e. The van der Waals surface area contributed by atoms with Crippen LogP contribution in [0.2, 0.25) is 5.02 Å². The lowest BCUT2D eigenvalue weighted by Gasteiger charge is -2.28. The van der Waals surface area contributed by atoms with Gasteiger partial charge in [0.1, 0.15) is 11.4 Å². The van der Waals surface area contributed by atoms with Crippen molar-refractivity contribution < 1.29 is 14.9 Å². The van der Waals surface area contributed by atoms with E-state index in [2.05, 4.69) is 15.5 Å². The van der Waals surface area contributed by atoms with E-state index in [1.807, 2.05) is 0 Å². The maximum absolute atomic E-state index is 10.3. The highest BCUT2D eigenvalue weighted by Crippen LogP contribution is 2.47. The number of phenolic OH excluding ortho intramolecular Hbond substituents is 1. The molecule has 2 unspecified atom stereocenters. The zero-order chi connectivity index (χ0) is 18.5. The second-order valence-electron chi connectivity index (χ2n) is 7.65. The van der Waals surface area contributed by atoms with Gasteiger partial charge in [0.25, 0.3) is 0 Å². The van der Waals surface area contributed by atoms with Crippen molar-refractivity contribution in [1.82, 2.24) is 10.2 Å². The summed E-state index contributed by atoms with van der Waals surface area (Å²) in [6.45, 7) is 3.83. The van der Waals surface area contributed by atoms with Crippen LogP contribution in [0, 0.1) is 0 Å². The van der Waals surface area contributed by atoms with Crippen molar-refractivity contribution in [3.05, 3.63) is 34.3 Å². The van der Waals surface area contributed by atoms with Crippen LogP contribution >= 0.6 is 11.6 Å². The minimum atomic E-state index is -0.866. The molecular weight excluding hydrogens is 354 g/mol. The second-order valence-corrected chi connectivity index (χ2v) is 8.08. The van der Waals surface area contributed by atoms with Crippen molar-refractivity contribution in [3.8, 4) is 17.0 Å². The molecule has 3 N–H and O–H groups in total. The molecule has 2 aliphatic heterocycles. The van der Waals surface area contributed by atoms with Crippen LogP contribution in [0.3, 0.4) is 0 Å². The number of halogens is 1. The number of ether oxygens (including phenoxy) is 1. The molecule has 4 rings (SSSR count). The predicted molar refractivity (Wildman–Crippen MR) is 99.5 cm³/mol. The number of aliphatic hydroxyl groups is 1. The Balaban J connectivity index is 1.81. The molecule has 0 aliphatic carbocycles. The molecule has 0 saturated carbocycles. The first-order valence-electron chi connectivity index (χ1n) is 8.82. The number of hydrogen-bond donors (Lipinski definition) is 3. The Hall–Kier alpha value is -1.89. The SMILES string of the molecule is CC(C)(O)CNc1nnc(-c2ccc(Cl)cc2O)c2c1C1CCC(C2)O1. The van der Waals surface area contributed by atoms with Crippen LogP contribution < -0.4 is 5.32 Å². The van der Waals surface area contributed by atoms with Crippen LogP contribution in [0.1, 0.15) is 43.9 Å². The van der Waals surface area contributed by atoms with E-state index in [0.717, 1.165) is 30.4 Å². The first kappa shape index (κ1) is 17.5. The molecular formula is C19H22ClN3O3. The number of nitrogens with zero attached hydrogens (tertiary/aromatic N) is 2. The summed E-state index contributed by atoms with van der Waals surface area (Å²) >= 11 is 5.96. The van der Waals surface area contributed by atoms with Crippen LogP contribution in [0.25, 0.3) is 11.3 Å². The van der Waals surface area contributed by atoms with E-state index in [9.17, 15) is 10.2 Å². The highest BCUT2D eigenvalue weighted by molar-refractivity contribution is 6.30. The normalized spacial score (nSPS) is 21.5. The summed E-state index contributed by atoms with van der Waals surface area (Å²) in [5.74, 6) is 0.731. The first-order valence-corrected chi connectivity index (χ1v) is 9.19. The quantitative estimate of drug-likeness (QED) is 0.758. The number of benzene rings is 1. The fourth-order valence-electron chi connectivity index (χ4n) is 3.69. The maximum atomic E-state index is 10.3. The van der Waals surface area contributed by atoms with E-state index >= 15 is 0 Å². The molecule has 2 atom stereocenters. The number of fused-ring (bicyclic) bond motifs is 4. The minimum absolute atomic E-state index is 0.0308. The molecule has 1 saturated heterocycles. The summed E-state index contributed by atoms with van der Waals surface area (Å²) in [6.07, 6.45) is 2.81. The highest BCUT2D eigenvalue weighted by atomic mass is 35.5. The van der Waals surface area contributed by atoms with E-state index in [1.54, 1.807) is 26.0 Å². The van der Waals surface area contributed by atoms with Crippen LogP contribution in [0.15, 0.2) is 18.2 Å². The molecule has 3 heterocycles. The van der Waals surface area contributed by atoms with Gasteiger partial charge < -0.3 is 20.3 Å². The zero-order valence-electron chi connectivity index (χ0n) is 14.8. The summed E-state index contributed by atoms with van der Waals surface area (Å²) in [6, 6.07) is 5.02. The van der Waals surface area contributed by atoms with Gasteiger partial charge in [0.15, 0.2) is 5.82 Å². The molecule has 2 aromatic rings. The van der Waals surface area contributed by atoms with Crippen LogP contribution in [0.5, 0.6) is 5.75 Å². The number of aromatic nitrogens is 2. The Morgan fingerprint density at radius 2 is 2.12 bits per heavy atom. The van der Waals surface area contributed by atoms with Gasteiger partial charge in [0.2, 0.25) is 0 Å². The smallest absolute Gasteiger partial charge is 0.154 e. The lowest BCUT2D eigenvalue weighted by atomic mass is 9.94. The standard InChI is InChI=1S/C19H22ClN3O3/c1-19(2,25)9-21-18-16-13(8-11-4-6-15(16)26-11)17(22-23-18)12-5-3-10(20)7-14(12)24/h3,5,7,11,15,24-25H,4,6,8-9H2,1-2H3,(H,21,23). The molecule has 0 amide bonds. The second kappa shape index (κ2) is 6.37. The van der Waals surface area contributed by atoms with Gasteiger partial charge in [-0.2, -0.15) is 0 Å². The molecule has 7 heteroatoms. The van der Waals surface area contributed by atoms with Crippen molar-refractivity contribution in [2.24, 2.45) is 0 Å². The maximum Gasteiger partial charge on any atom is 0.154 e. The number of phenols is 1. The van der Waals surface area contributed by atoms with Crippen LogP contribution in [-0.2, 0) is 11.2 Å². The van der Waals surface area contributed by atoms with Gasteiger partial charge in [-0.25, -0.2) is 0 Å². The average molecular weight is 376 g/mol. The molecule has 2 aliphatic rings. The average Bonchev–Trinajstić information content (AvgIpc) is 2.94. The third kappa shape index (κ3) is 3.24. The van der Waals surface area contributed by atoms with Gasteiger partial charge in [0.05, 0.1) is 17.8 Å². The molecule has 1 aromatic carbocycles. The molecule has 6 nitrogen and oxygen atoms in total. The minimum Gasteiger partial charge on any atom is -0.507 e. The molecule has 1 fully saturated rings. The summed E-state index contributed by atoms with van der Waals surface area (Å²) in [5, 5.41) is 32.8. The lowest BCUT2D eigenvalue weighted by molar-refractivity contribution is 0.0324. The van der Waals surface area contributed by atoms with Gasteiger partial charge in [-0.1, -0.05) is 11.6 Å². The third-order valence-corrected chi connectivity index (χ3v) is 5.12. The fraction of sp³-hybridized carbons (Fsp3) is 0.474. The zero-order valence-corrected chi connectivity index (χ0v) is 15.5. The first-order chi connectivity index (χ1) is 12.3. The van der Waals surface area contributed by atoms with Crippen molar-refractivity contribution >= 4 is 17.4 Å². The summed E-state index contributed by atoms with van der Waals surface area (Å²) in [4.78, 5) is 0. The van der Waals surface area contributed by atoms with E-state index in [-0.39, 0.29) is 18.0 Å². The van der Waals surface area contributed by atoms with Gasteiger partial charge in [-0.05, 0) is 50.5 Å². The lowest BCUT2D eigenvalue weighted by Crippen LogP contribution is -2.31. The number of nitrogens with one attached hydrogen (secondary N) is 1. The third-order valence-electron chi connectivity index (χ3n) is 4.88. The molecule has 138 valence electrons. The van der Waals surface area contributed by atoms with Gasteiger partial charge in [-0.15, -0.1) is 10.2 Å². The number of anilines is 1. The van der Waals surface area contributed by atoms with E-state index in [0.29, 0.717) is 28.6 Å². The molecule has 0 spiro atoms. The van der Waals surface area contributed by atoms with Gasteiger partial charge >= 0.3 is 0 Å². The highest BCUT2D eigenvalue weighted by Gasteiger charge is 2.38. The Morgan fingerprint density at radius 1 is 1.31 bits per heavy atom. The Morgan fingerprint density at radius 3 is 2.85 bits per heavy atom. The molecule has 0 radical (unpaired) electrons. The number of hydrogen-bond acceptors (Lipinski definition) is 6. The fourth-order valence-corrected chi connectivity index (χ4v) is 3.85. The Labute approximate surface area is 157 Å². The number of rotatable bonds is 4. The Bertz CT molecular complexity index is 851. The Kier molecular flexibility index (Phi) is 4.29. The summed E-state index contributed by atoms with van der Waals surface area (Å²) in [7, 11) is 0. The van der Waals surface area contributed by atoms with Crippen molar-refractivity contribution in [3.63, 3.8) is 0 Å². The topological polar surface area (TPSA) is 87.5 Å². The van der Waals surface area contributed by atoms with Gasteiger partial charge in [-0.3, -0.25) is 0 Å². The summed E-state index contributed by atoms with van der Waals surface area (Å²) in [5.41, 5.74) is 2.46. The summed E-state index contributed by atoms with van der Waals surface area (Å²) < 4.78 is 6.08. The van der Waals surface area contributed by atoms with Crippen molar-refractivity contribution in [2.45, 2.75) is 50.9 Å². The molecule has 1 aromatic heterocycles. The predicted octanol–water partition coefficient (Wildman–Crippen LogP) is 3.46. The number of aromatic hydroxyl groups is 1. The monoisotopic (exact) mass is 375 g/mol. The van der Waals surface area contributed by atoms with Crippen LogP contribution in [0.4, 0.5) is 5.82 Å². The van der Waals surface area contributed by atoms with Crippen molar-refractivity contribution in [1.29, 1.82) is 0 Å². The van der Waals surface area contributed by atoms with Crippen molar-refractivity contribution in [2.75, 3.05) is 11.9 Å². The van der Waals surface area contributed by atoms with E-state index in [1.165, 1.54) is 6.07 Å². The van der Waals surface area contributed by atoms with E-state index in [4.69, 9.17) is 16.3 Å². The van der Waals surface area contributed by atoms with Crippen LogP contribution in [-0.4, -0.2) is 38.7 Å². The molecule has 26 heavy (non-hydrogen) atoms.